The first-order chi connectivity index (χ1) is 14.5. The van der Waals surface area contributed by atoms with E-state index in [1.54, 1.807) is 31.5 Å². The van der Waals surface area contributed by atoms with E-state index in [1.807, 2.05) is 36.4 Å². The molecule has 5 nitrogen and oxygen atoms in total. The normalized spacial score (nSPS) is 10.6. The lowest BCUT2D eigenvalue weighted by molar-refractivity contribution is 0.284. The molecule has 0 aliphatic carbocycles. The standard InChI is InChI=1S/C22H19ClFN3O2S/c1-28-21-12-16(4-11-20(21)29-14-15-2-5-17(23)6-3-15)13-25-27-22(30)26-19-9-7-18(24)8-10-19/h2-13H,14H2,1H3,(H2,26,27,30)/b25-13+. The molecule has 0 spiro atoms. The van der Waals surface area contributed by atoms with E-state index in [0.29, 0.717) is 28.8 Å². The highest BCUT2D eigenvalue weighted by Crippen LogP contribution is 2.28. The van der Waals surface area contributed by atoms with Crippen LogP contribution in [0.3, 0.4) is 0 Å². The first-order valence-electron chi connectivity index (χ1n) is 8.94. The molecule has 154 valence electrons. The molecule has 0 aromatic heterocycles. The van der Waals surface area contributed by atoms with E-state index in [0.717, 1.165) is 11.1 Å². The molecule has 0 aliphatic heterocycles. The number of nitrogens with zero attached hydrogens (tertiary/aromatic N) is 1. The van der Waals surface area contributed by atoms with Crippen LogP contribution in [0.4, 0.5) is 10.1 Å². The van der Waals surface area contributed by atoms with Gasteiger partial charge in [0.05, 0.1) is 13.3 Å². The van der Waals surface area contributed by atoms with Crippen molar-refractivity contribution in [1.82, 2.24) is 5.43 Å². The van der Waals surface area contributed by atoms with Gasteiger partial charge in [0.2, 0.25) is 0 Å². The number of benzene rings is 3. The van der Waals surface area contributed by atoms with E-state index in [9.17, 15) is 4.39 Å². The van der Waals surface area contributed by atoms with Crippen molar-refractivity contribution in [3.8, 4) is 11.5 Å². The number of nitrogens with one attached hydrogen (secondary N) is 2. The van der Waals surface area contributed by atoms with E-state index in [-0.39, 0.29) is 10.9 Å². The Labute approximate surface area is 184 Å². The Bertz CT molecular complexity index is 1030. The van der Waals surface area contributed by atoms with Crippen molar-refractivity contribution < 1.29 is 13.9 Å². The average molecular weight is 444 g/mol. The first-order valence-corrected chi connectivity index (χ1v) is 9.73. The molecule has 0 amide bonds. The lowest BCUT2D eigenvalue weighted by atomic mass is 10.2. The number of ether oxygens (including phenoxy) is 2. The molecule has 3 aromatic carbocycles. The van der Waals surface area contributed by atoms with Gasteiger partial charge in [-0.3, -0.25) is 5.43 Å². The summed E-state index contributed by atoms with van der Waals surface area (Å²) >= 11 is 11.1. The fourth-order valence-electron chi connectivity index (χ4n) is 2.48. The highest BCUT2D eigenvalue weighted by molar-refractivity contribution is 7.80. The van der Waals surface area contributed by atoms with Crippen molar-refractivity contribution in [3.05, 3.63) is 88.7 Å². The zero-order valence-corrected chi connectivity index (χ0v) is 17.6. The van der Waals surface area contributed by atoms with Gasteiger partial charge >= 0.3 is 0 Å². The van der Waals surface area contributed by atoms with Crippen LogP contribution in [0.1, 0.15) is 11.1 Å². The van der Waals surface area contributed by atoms with Crippen LogP contribution >= 0.6 is 23.8 Å². The van der Waals surface area contributed by atoms with Crippen molar-refractivity contribution in [2.75, 3.05) is 12.4 Å². The van der Waals surface area contributed by atoms with Crippen LogP contribution in [-0.4, -0.2) is 18.4 Å². The summed E-state index contributed by atoms with van der Waals surface area (Å²) in [5.74, 6) is 0.887. The van der Waals surface area contributed by atoms with Crippen LogP contribution in [0.15, 0.2) is 71.8 Å². The van der Waals surface area contributed by atoms with Crippen molar-refractivity contribution in [2.24, 2.45) is 5.10 Å². The van der Waals surface area contributed by atoms with Crippen LogP contribution in [0.2, 0.25) is 5.02 Å². The summed E-state index contributed by atoms with van der Waals surface area (Å²) < 4.78 is 24.2. The molecule has 0 fully saturated rings. The Balaban J connectivity index is 1.56. The number of anilines is 1. The summed E-state index contributed by atoms with van der Waals surface area (Å²) in [4.78, 5) is 0. The van der Waals surface area contributed by atoms with Crippen LogP contribution in [-0.2, 0) is 6.61 Å². The molecule has 3 rings (SSSR count). The zero-order valence-electron chi connectivity index (χ0n) is 16.1. The van der Waals surface area contributed by atoms with Gasteiger partial charge in [0, 0.05) is 10.7 Å². The zero-order chi connectivity index (χ0) is 21.3. The molecular weight excluding hydrogens is 425 g/mol. The lowest BCUT2D eigenvalue weighted by Crippen LogP contribution is -2.23. The molecule has 2 N–H and O–H groups in total. The van der Waals surface area contributed by atoms with Gasteiger partial charge in [-0.05, 0) is 77.9 Å². The third-order valence-corrected chi connectivity index (χ3v) is 4.42. The molecule has 3 aromatic rings. The van der Waals surface area contributed by atoms with Crippen molar-refractivity contribution in [3.63, 3.8) is 0 Å². The quantitative estimate of drug-likeness (QED) is 0.291. The number of hydrogen-bond donors (Lipinski definition) is 2. The van der Waals surface area contributed by atoms with E-state index in [1.165, 1.54) is 12.1 Å². The van der Waals surface area contributed by atoms with Gasteiger partial charge in [-0.1, -0.05) is 23.7 Å². The molecule has 0 saturated carbocycles. The molecule has 0 heterocycles. The summed E-state index contributed by atoms with van der Waals surface area (Å²) in [6, 6.07) is 18.8. The second-order valence-electron chi connectivity index (χ2n) is 6.16. The lowest BCUT2D eigenvalue weighted by Gasteiger charge is -2.11. The molecular formula is C22H19ClFN3O2S. The topological polar surface area (TPSA) is 54.9 Å². The Morgan fingerprint density at radius 2 is 1.80 bits per heavy atom. The second kappa shape index (κ2) is 10.6. The minimum Gasteiger partial charge on any atom is -0.493 e. The van der Waals surface area contributed by atoms with Crippen LogP contribution < -0.4 is 20.2 Å². The van der Waals surface area contributed by atoms with Crippen molar-refractivity contribution in [1.29, 1.82) is 0 Å². The van der Waals surface area contributed by atoms with Gasteiger partial charge < -0.3 is 14.8 Å². The molecule has 0 bridgehead atoms. The molecule has 0 atom stereocenters. The molecule has 30 heavy (non-hydrogen) atoms. The molecule has 0 radical (unpaired) electrons. The number of rotatable bonds is 7. The Kier molecular flexibility index (Phi) is 7.59. The van der Waals surface area contributed by atoms with Crippen molar-refractivity contribution in [2.45, 2.75) is 6.61 Å². The Hall–Kier alpha value is -3.16. The number of methoxy groups -OCH3 is 1. The third-order valence-electron chi connectivity index (χ3n) is 3.98. The van der Waals surface area contributed by atoms with Crippen LogP contribution in [0, 0.1) is 5.82 Å². The second-order valence-corrected chi connectivity index (χ2v) is 7.00. The molecule has 8 heteroatoms. The maximum atomic E-state index is 12.9. The largest absolute Gasteiger partial charge is 0.493 e. The van der Waals surface area contributed by atoms with Crippen molar-refractivity contribution >= 4 is 40.8 Å². The van der Waals surface area contributed by atoms with Crippen LogP contribution in [0.25, 0.3) is 0 Å². The number of hydrogen-bond acceptors (Lipinski definition) is 4. The maximum absolute atomic E-state index is 12.9. The fraction of sp³-hybridized carbons (Fsp3) is 0.0909. The predicted molar refractivity (Wildman–Crippen MR) is 122 cm³/mol. The minimum atomic E-state index is -0.313. The minimum absolute atomic E-state index is 0.285. The van der Waals surface area contributed by atoms with Gasteiger partial charge in [-0.25, -0.2) is 4.39 Å². The van der Waals surface area contributed by atoms with Gasteiger partial charge in [0.1, 0.15) is 12.4 Å². The van der Waals surface area contributed by atoms with E-state index >= 15 is 0 Å². The number of hydrazone groups is 1. The van der Waals surface area contributed by atoms with Crippen LogP contribution in [0.5, 0.6) is 11.5 Å². The summed E-state index contributed by atoms with van der Waals surface area (Å²) in [7, 11) is 1.57. The molecule has 0 saturated heterocycles. The molecule has 0 aliphatic rings. The Morgan fingerprint density at radius 3 is 2.50 bits per heavy atom. The fourth-order valence-corrected chi connectivity index (χ4v) is 2.78. The number of thiocarbonyl (C=S) groups is 1. The highest BCUT2D eigenvalue weighted by atomic mass is 35.5. The average Bonchev–Trinajstić information content (AvgIpc) is 2.75. The maximum Gasteiger partial charge on any atom is 0.191 e. The smallest absolute Gasteiger partial charge is 0.191 e. The first kappa shape index (κ1) is 21.5. The summed E-state index contributed by atoms with van der Waals surface area (Å²) in [6.07, 6.45) is 1.60. The van der Waals surface area contributed by atoms with E-state index in [2.05, 4.69) is 15.8 Å². The highest BCUT2D eigenvalue weighted by Gasteiger charge is 2.06. The summed E-state index contributed by atoms with van der Waals surface area (Å²) in [5, 5.41) is 7.98. The molecule has 0 unspecified atom stereocenters. The van der Waals surface area contributed by atoms with Gasteiger partial charge in [0.15, 0.2) is 16.6 Å². The summed E-state index contributed by atoms with van der Waals surface area (Å²) in [5.41, 5.74) is 5.16. The van der Waals surface area contributed by atoms with Gasteiger partial charge in [-0.15, -0.1) is 0 Å². The van der Waals surface area contributed by atoms with E-state index < -0.39 is 0 Å². The van der Waals surface area contributed by atoms with Gasteiger partial charge in [0.25, 0.3) is 0 Å². The van der Waals surface area contributed by atoms with E-state index in [4.69, 9.17) is 33.3 Å². The van der Waals surface area contributed by atoms with Gasteiger partial charge in [-0.2, -0.15) is 5.10 Å². The third kappa shape index (κ3) is 6.43. The SMILES string of the molecule is COc1cc(/C=N/NC(=S)Nc2ccc(F)cc2)ccc1OCc1ccc(Cl)cc1. The monoisotopic (exact) mass is 443 g/mol. The summed E-state index contributed by atoms with van der Waals surface area (Å²) in [6.45, 7) is 0.395. The Morgan fingerprint density at radius 1 is 1.07 bits per heavy atom. The number of halogens is 2. The predicted octanol–water partition coefficient (Wildman–Crippen LogP) is 5.39.